The zero-order chi connectivity index (χ0) is 24.2. The number of hydrogen-bond acceptors (Lipinski definition) is 10. The fourth-order valence-corrected chi connectivity index (χ4v) is 2.31. The fraction of sp³-hybridized carbons (Fsp3) is 0.111. The standard InChI is InChI=1S/C18H16N8O7/c27-17(21-19-9-13-3-1-5-15(7-13)25(30)31)11-24(23-29)12-18(28)22-20-10-14-4-2-6-16(8-14)26(32)33/h1-10H,11-12H2,(H,21,27)(H,22,28). The Morgan fingerprint density at radius 1 is 0.848 bits per heavy atom. The molecule has 2 N–H and O–H groups in total. The Hall–Kier alpha value is -5.08. The number of non-ortho nitro benzene ring substituents is 2. The molecule has 0 fully saturated rings. The summed E-state index contributed by atoms with van der Waals surface area (Å²) < 4.78 is 0. The van der Waals surface area contributed by atoms with Crippen LogP contribution in [0.3, 0.4) is 0 Å². The molecule has 0 atom stereocenters. The van der Waals surface area contributed by atoms with Crippen molar-refractivity contribution >= 4 is 35.6 Å². The van der Waals surface area contributed by atoms with Gasteiger partial charge in [0.2, 0.25) is 0 Å². The SMILES string of the molecule is O=NN(CC(=O)NN=Cc1cccc([N+](=O)[O-])c1)CC(=O)NN=Cc1cccc([N+](=O)[O-])c1. The minimum absolute atomic E-state index is 0.152. The van der Waals surface area contributed by atoms with Gasteiger partial charge in [0.05, 0.1) is 27.6 Å². The van der Waals surface area contributed by atoms with E-state index in [0.717, 1.165) is 0 Å². The van der Waals surface area contributed by atoms with E-state index in [9.17, 15) is 34.7 Å². The van der Waals surface area contributed by atoms with Crippen LogP contribution in [-0.2, 0) is 9.59 Å². The molecule has 0 aliphatic rings. The molecule has 0 aromatic heterocycles. The van der Waals surface area contributed by atoms with Crippen molar-refractivity contribution in [1.82, 2.24) is 15.9 Å². The van der Waals surface area contributed by atoms with Crippen LogP contribution >= 0.6 is 0 Å². The molecule has 170 valence electrons. The van der Waals surface area contributed by atoms with Gasteiger partial charge in [-0.25, -0.2) is 15.9 Å². The summed E-state index contributed by atoms with van der Waals surface area (Å²) in [5.41, 5.74) is 4.61. The van der Waals surface area contributed by atoms with Crippen LogP contribution < -0.4 is 10.9 Å². The molecular weight excluding hydrogens is 440 g/mol. The van der Waals surface area contributed by atoms with E-state index in [2.05, 4.69) is 26.3 Å². The van der Waals surface area contributed by atoms with E-state index in [-0.39, 0.29) is 11.4 Å². The first-order valence-electron chi connectivity index (χ1n) is 8.99. The number of nitroso groups, excluding NO2 is 1. The Labute approximate surface area is 185 Å². The Morgan fingerprint density at radius 2 is 1.27 bits per heavy atom. The van der Waals surface area contributed by atoms with Crippen LogP contribution in [0.25, 0.3) is 0 Å². The van der Waals surface area contributed by atoms with E-state index in [1.165, 1.54) is 61.0 Å². The lowest BCUT2D eigenvalue weighted by Gasteiger charge is -2.12. The largest absolute Gasteiger partial charge is 0.271 e. The Balaban J connectivity index is 1.82. The second-order valence-electron chi connectivity index (χ2n) is 6.19. The molecule has 15 heteroatoms. The van der Waals surface area contributed by atoms with E-state index in [1.54, 1.807) is 0 Å². The van der Waals surface area contributed by atoms with Crippen LogP contribution in [-0.4, -0.2) is 52.2 Å². The summed E-state index contributed by atoms with van der Waals surface area (Å²) in [5, 5.41) is 31.9. The second-order valence-corrected chi connectivity index (χ2v) is 6.19. The molecule has 0 saturated heterocycles. The van der Waals surface area contributed by atoms with Gasteiger partial charge < -0.3 is 0 Å². The van der Waals surface area contributed by atoms with Crippen LogP contribution in [0.4, 0.5) is 11.4 Å². The highest BCUT2D eigenvalue weighted by molar-refractivity contribution is 5.85. The number of rotatable bonds is 11. The third kappa shape index (κ3) is 8.28. The Bertz CT molecular complexity index is 1030. The molecule has 0 aliphatic heterocycles. The number of hydrazone groups is 2. The topological polar surface area (TPSA) is 202 Å². The van der Waals surface area contributed by atoms with Gasteiger partial charge in [-0.2, -0.15) is 10.2 Å². The third-order valence-electron chi connectivity index (χ3n) is 3.74. The van der Waals surface area contributed by atoms with E-state index < -0.39 is 34.8 Å². The van der Waals surface area contributed by atoms with Crippen molar-refractivity contribution in [3.05, 3.63) is 84.8 Å². The van der Waals surface area contributed by atoms with Gasteiger partial charge in [0.1, 0.15) is 13.1 Å². The van der Waals surface area contributed by atoms with Gasteiger partial charge >= 0.3 is 0 Å². The van der Waals surface area contributed by atoms with Gasteiger partial charge in [0.15, 0.2) is 0 Å². The van der Waals surface area contributed by atoms with Crippen molar-refractivity contribution in [2.75, 3.05) is 13.1 Å². The Morgan fingerprint density at radius 3 is 1.64 bits per heavy atom. The molecule has 0 heterocycles. The molecule has 0 aliphatic carbocycles. The van der Waals surface area contributed by atoms with Gasteiger partial charge in [-0.1, -0.05) is 24.3 Å². The normalized spacial score (nSPS) is 10.7. The molecule has 0 unspecified atom stereocenters. The molecule has 2 aromatic rings. The summed E-state index contributed by atoms with van der Waals surface area (Å²) in [6.07, 6.45) is 2.33. The summed E-state index contributed by atoms with van der Waals surface area (Å²) in [6.45, 7) is -1.20. The maximum Gasteiger partial charge on any atom is 0.270 e. The molecule has 15 nitrogen and oxygen atoms in total. The first-order chi connectivity index (χ1) is 15.8. The molecule has 2 aromatic carbocycles. The maximum absolute atomic E-state index is 11.9. The summed E-state index contributed by atoms with van der Waals surface area (Å²) in [7, 11) is 0. The summed E-state index contributed by atoms with van der Waals surface area (Å²) >= 11 is 0. The number of nitro benzene ring substituents is 2. The predicted molar refractivity (Wildman–Crippen MR) is 115 cm³/mol. The number of benzene rings is 2. The van der Waals surface area contributed by atoms with Crippen molar-refractivity contribution in [2.24, 2.45) is 15.5 Å². The zero-order valence-corrected chi connectivity index (χ0v) is 16.7. The van der Waals surface area contributed by atoms with E-state index in [4.69, 9.17) is 0 Å². The highest BCUT2D eigenvalue weighted by Gasteiger charge is 2.13. The highest BCUT2D eigenvalue weighted by atomic mass is 16.6. The fourth-order valence-electron chi connectivity index (χ4n) is 2.31. The minimum Gasteiger partial charge on any atom is -0.271 e. The first-order valence-corrected chi connectivity index (χ1v) is 8.99. The molecule has 0 spiro atoms. The van der Waals surface area contributed by atoms with Gasteiger partial charge in [0, 0.05) is 35.4 Å². The van der Waals surface area contributed by atoms with Crippen molar-refractivity contribution in [2.45, 2.75) is 0 Å². The molecule has 0 radical (unpaired) electrons. The van der Waals surface area contributed by atoms with Gasteiger partial charge in [-0.3, -0.25) is 29.8 Å². The summed E-state index contributed by atoms with van der Waals surface area (Å²) in [4.78, 5) is 54.9. The molecular formula is C18H16N8O7. The zero-order valence-electron chi connectivity index (χ0n) is 16.7. The van der Waals surface area contributed by atoms with E-state index in [1.807, 2.05) is 0 Å². The lowest BCUT2D eigenvalue weighted by Crippen LogP contribution is -2.38. The molecule has 0 bridgehead atoms. The number of nitrogens with one attached hydrogen (secondary N) is 2. The highest BCUT2D eigenvalue weighted by Crippen LogP contribution is 2.12. The van der Waals surface area contributed by atoms with E-state index >= 15 is 0 Å². The molecule has 2 rings (SSSR count). The monoisotopic (exact) mass is 456 g/mol. The van der Waals surface area contributed by atoms with Crippen LogP contribution in [0.2, 0.25) is 0 Å². The molecule has 33 heavy (non-hydrogen) atoms. The summed E-state index contributed by atoms with van der Waals surface area (Å²) in [5.74, 6) is -1.55. The number of amides is 2. The van der Waals surface area contributed by atoms with Crippen molar-refractivity contribution in [3.8, 4) is 0 Å². The van der Waals surface area contributed by atoms with Gasteiger partial charge in [-0.15, -0.1) is 4.91 Å². The Kier molecular flexibility index (Phi) is 8.75. The number of nitrogens with zero attached hydrogens (tertiary/aromatic N) is 6. The third-order valence-corrected chi connectivity index (χ3v) is 3.74. The van der Waals surface area contributed by atoms with Crippen molar-refractivity contribution < 1.29 is 19.4 Å². The number of nitro groups is 2. The molecule has 2 amide bonds. The van der Waals surface area contributed by atoms with Crippen LogP contribution in [0.1, 0.15) is 11.1 Å². The number of hydrogen-bond donors (Lipinski definition) is 2. The van der Waals surface area contributed by atoms with Gasteiger partial charge in [0.25, 0.3) is 23.2 Å². The van der Waals surface area contributed by atoms with E-state index in [0.29, 0.717) is 16.1 Å². The lowest BCUT2D eigenvalue weighted by atomic mass is 10.2. The van der Waals surface area contributed by atoms with Crippen LogP contribution in [0, 0.1) is 25.1 Å². The van der Waals surface area contributed by atoms with Crippen molar-refractivity contribution in [1.29, 1.82) is 0 Å². The smallest absolute Gasteiger partial charge is 0.270 e. The summed E-state index contributed by atoms with van der Waals surface area (Å²) in [6, 6.07) is 11.0. The quantitative estimate of drug-likeness (QED) is 0.216. The number of carbonyl (C=O) groups is 2. The number of carbonyl (C=O) groups excluding carboxylic acids is 2. The predicted octanol–water partition coefficient (Wildman–Crippen LogP) is 1.09. The second kappa shape index (κ2) is 11.9. The average molecular weight is 456 g/mol. The van der Waals surface area contributed by atoms with Gasteiger partial charge in [-0.05, 0) is 0 Å². The maximum atomic E-state index is 11.9. The van der Waals surface area contributed by atoms with Crippen LogP contribution in [0.15, 0.2) is 64.0 Å². The first kappa shape index (κ1) is 24.2. The van der Waals surface area contributed by atoms with Crippen molar-refractivity contribution in [3.63, 3.8) is 0 Å². The van der Waals surface area contributed by atoms with Crippen LogP contribution in [0.5, 0.6) is 0 Å². The average Bonchev–Trinajstić information content (AvgIpc) is 2.79. The molecule has 0 saturated carbocycles. The lowest BCUT2D eigenvalue weighted by molar-refractivity contribution is -0.385. The minimum atomic E-state index is -0.774.